The van der Waals surface area contributed by atoms with Crippen molar-refractivity contribution in [3.05, 3.63) is 23.7 Å². The molecule has 0 amide bonds. The molecule has 2 atom stereocenters. The van der Waals surface area contributed by atoms with Crippen LogP contribution in [-0.2, 0) is 13.1 Å². The quantitative estimate of drug-likeness (QED) is 0.810. The zero-order valence-corrected chi connectivity index (χ0v) is 13.4. The number of nitrogens with zero attached hydrogens (tertiary/aromatic N) is 2. The van der Waals surface area contributed by atoms with E-state index in [2.05, 4.69) is 49.0 Å². The van der Waals surface area contributed by atoms with Crippen molar-refractivity contribution in [1.29, 1.82) is 0 Å². The van der Waals surface area contributed by atoms with E-state index in [0.717, 1.165) is 38.5 Å². The van der Waals surface area contributed by atoms with Crippen molar-refractivity contribution >= 4 is 0 Å². The van der Waals surface area contributed by atoms with Crippen molar-refractivity contribution in [2.75, 3.05) is 26.7 Å². The van der Waals surface area contributed by atoms with Crippen molar-refractivity contribution in [2.24, 2.45) is 0 Å². The van der Waals surface area contributed by atoms with Crippen LogP contribution >= 0.6 is 0 Å². The lowest BCUT2D eigenvalue weighted by Crippen LogP contribution is -2.54. The first-order valence-electron chi connectivity index (χ1n) is 7.82. The normalized spacial score (nSPS) is 25.2. The predicted octanol–water partition coefficient (Wildman–Crippen LogP) is 2.30. The van der Waals surface area contributed by atoms with Gasteiger partial charge in [0.15, 0.2) is 0 Å². The van der Waals surface area contributed by atoms with Crippen LogP contribution in [0.25, 0.3) is 0 Å². The molecule has 2 unspecified atom stereocenters. The SMILES string of the molecule is CCCNCc1ccoc1CN1CC(C)N(C)C(C)C1. The largest absolute Gasteiger partial charge is 0.468 e. The first kappa shape index (κ1) is 15.5. The highest BCUT2D eigenvalue weighted by Gasteiger charge is 2.27. The van der Waals surface area contributed by atoms with E-state index in [9.17, 15) is 0 Å². The third-order valence-electron chi connectivity index (χ3n) is 4.38. The van der Waals surface area contributed by atoms with Gasteiger partial charge in [-0.05, 0) is 39.9 Å². The number of piperazine rings is 1. The van der Waals surface area contributed by atoms with Gasteiger partial charge in [-0.25, -0.2) is 0 Å². The molecule has 1 N–H and O–H groups in total. The number of nitrogens with one attached hydrogen (secondary N) is 1. The lowest BCUT2D eigenvalue weighted by Gasteiger charge is -2.42. The first-order chi connectivity index (χ1) is 9.61. The first-order valence-corrected chi connectivity index (χ1v) is 7.82. The maximum Gasteiger partial charge on any atom is 0.122 e. The lowest BCUT2D eigenvalue weighted by molar-refractivity contribution is 0.0516. The average Bonchev–Trinajstić information content (AvgIpc) is 2.84. The Morgan fingerprint density at radius 3 is 2.65 bits per heavy atom. The Hall–Kier alpha value is -0.840. The van der Waals surface area contributed by atoms with Gasteiger partial charge < -0.3 is 9.73 Å². The highest BCUT2D eigenvalue weighted by Crippen LogP contribution is 2.18. The summed E-state index contributed by atoms with van der Waals surface area (Å²) in [4.78, 5) is 4.97. The Morgan fingerprint density at radius 1 is 1.30 bits per heavy atom. The molecule has 2 heterocycles. The van der Waals surface area contributed by atoms with Gasteiger partial charge >= 0.3 is 0 Å². The summed E-state index contributed by atoms with van der Waals surface area (Å²) < 4.78 is 5.70. The van der Waals surface area contributed by atoms with Crippen LogP contribution in [0.15, 0.2) is 16.7 Å². The van der Waals surface area contributed by atoms with E-state index in [1.54, 1.807) is 0 Å². The fraction of sp³-hybridized carbons (Fsp3) is 0.750. The van der Waals surface area contributed by atoms with Crippen molar-refractivity contribution < 1.29 is 4.42 Å². The van der Waals surface area contributed by atoms with Gasteiger partial charge in [-0.2, -0.15) is 0 Å². The monoisotopic (exact) mass is 279 g/mol. The van der Waals surface area contributed by atoms with Crippen LogP contribution in [0.5, 0.6) is 0 Å². The molecule has 0 saturated carbocycles. The number of furan rings is 1. The molecule has 0 radical (unpaired) electrons. The summed E-state index contributed by atoms with van der Waals surface area (Å²) >= 11 is 0. The maximum atomic E-state index is 5.70. The Balaban J connectivity index is 1.91. The average molecular weight is 279 g/mol. The molecule has 4 heteroatoms. The Bertz CT molecular complexity index is 392. The molecule has 1 aliphatic rings. The highest BCUT2D eigenvalue weighted by atomic mass is 16.3. The molecule has 1 aromatic rings. The maximum absolute atomic E-state index is 5.70. The van der Waals surface area contributed by atoms with Crippen LogP contribution in [0.4, 0.5) is 0 Å². The highest BCUT2D eigenvalue weighted by molar-refractivity contribution is 5.17. The molecule has 20 heavy (non-hydrogen) atoms. The standard InChI is InChI=1S/C16H29N3O/c1-5-7-17-9-15-6-8-20-16(15)12-19-10-13(2)18(4)14(3)11-19/h6,8,13-14,17H,5,7,9-12H2,1-4H3. The van der Waals surface area contributed by atoms with Crippen LogP contribution in [-0.4, -0.2) is 48.6 Å². The third kappa shape index (κ3) is 3.84. The molecule has 1 fully saturated rings. The minimum atomic E-state index is 0.607. The molecule has 1 saturated heterocycles. The second-order valence-corrected chi connectivity index (χ2v) is 6.10. The predicted molar refractivity (Wildman–Crippen MR) is 82.7 cm³/mol. The third-order valence-corrected chi connectivity index (χ3v) is 4.38. The fourth-order valence-corrected chi connectivity index (χ4v) is 2.91. The van der Waals surface area contributed by atoms with Gasteiger partial charge in [-0.15, -0.1) is 0 Å². The Labute approximate surface area is 123 Å². The molecular weight excluding hydrogens is 250 g/mol. The van der Waals surface area contributed by atoms with Crippen LogP contribution < -0.4 is 5.32 Å². The number of likely N-dealkylation sites (N-methyl/N-ethyl adjacent to an activating group) is 1. The van der Waals surface area contributed by atoms with Gasteiger partial charge in [0.05, 0.1) is 12.8 Å². The lowest BCUT2D eigenvalue weighted by atomic mass is 10.1. The number of hydrogen-bond donors (Lipinski definition) is 1. The van der Waals surface area contributed by atoms with E-state index >= 15 is 0 Å². The molecule has 0 spiro atoms. The van der Waals surface area contributed by atoms with Gasteiger partial charge in [0.25, 0.3) is 0 Å². The van der Waals surface area contributed by atoms with Gasteiger partial charge in [0.2, 0.25) is 0 Å². The number of rotatable bonds is 6. The molecular formula is C16H29N3O. The minimum absolute atomic E-state index is 0.607. The summed E-state index contributed by atoms with van der Waals surface area (Å²) in [6, 6.07) is 3.31. The molecule has 114 valence electrons. The van der Waals surface area contributed by atoms with E-state index in [4.69, 9.17) is 4.42 Å². The fourth-order valence-electron chi connectivity index (χ4n) is 2.91. The topological polar surface area (TPSA) is 31.7 Å². The molecule has 0 bridgehead atoms. The van der Waals surface area contributed by atoms with Crippen LogP contribution in [0.1, 0.15) is 38.5 Å². The summed E-state index contributed by atoms with van der Waals surface area (Å²) in [6.07, 6.45) is 2.99. The summed E-state index contributed by atoms with van der Waals surface area (Å²) in [5.74, 6) is 1.12. The second-order valence-electron chi connectivity index (χ2n) is 6.10. The smallest absolute Gasteiger partial charge is 0.122 e. The van der Waals surface area contributed by atoms with Gasteiger partial charge in [0.1, 0.15) is 5.76 Å². The van der Waals surface area contributed by atoms with E-state index < -0.39 is 0 Å². The Kier molecular flexibility index (Phi) is 5.64. The summed E-state index contributed by atoms with van der Waals surface area (Å²) in [5.41, 5.74) is 1.30. The number of hydrogen-bond acceptors (Lipinski definition) is 4. The van der Waals surface area contributed by atoms with Crippen LogP contribution in [0.2, 0.25) is 0 Å². The van der Waals surface area contributed by atoms with Crippen LogP contribution in [0.3, 0.4) is 0 Å². The van der Waals surface area contributed by atoms with Crippen molar-refractivity contribution in [3.63, 3.8) is 0 Å². The van der Waals surface area contributed by atoms with E-state index in [1.807, 2.05) is 6.26 Å². The second kappa shape index (κ2) is 7.25. The van der Waals surface area contributed by atoms with E-state index in [0.29, 0.717) is 12.1 Å². The zero-order chi connectivity index (χ0) is 14.5. The molecule has 2 rings (SSSR count). The molecule has 1 aliphatic heterocycles. The minimum Gasteiger partial charge on any atom is -0.468 e. The van der Waals surface area contributed by atoms with E-state index in [-0.39, 0.29) is 0 Å². The molecule has 0 aromatic carbocycles. The van der Waals surface area contributed by atoms with Crippen LogP contribution in [0, 0.1) is 0 Å². The van der Waals surface area contributed by atoms with Gasteiger partial charge in [-0.1, -0.05) is 6.92 Å². The summed E-state index contributed by atoms with van der Waals surface area (Å²) in [5, 5.41) is 3.45. The van der Waals surface area contributed by atoms with Gasteiger partial charge in [0, 0.05) is 37.3 Å². The van der Waals surface area contributed by atoms with E-state index in [1.165, 1.54) is 12.0 Å². The molecule has 4 nitrogen and oxygen atoms in total. The molecule has 0 aliphatic carbocycles. The van der Waals surface area contributed by atoms with Crippen molar-refractivity contribution in [3.8, 4) is 0 Å². The molecule has 1 aromatic heterocycles. The summed E-state index contributed by atoms with van der Waals surface area (Å²) in [6.45, 7) is 11.9. The van der Waals surface area contributed by atoms with Crippen molar-refractivity contribution in [2.45, 2.75) is 52.4 Å². The summed E-state index contributed by atoms with van der Waals surface area (Å²) in [7, 11) is 2.22. The Morgan fingerprint density at radius 2 is 2.00 bits per heavy atom. The zero-order valence-electron chi connectivity index (χ0n) is 13.4. The van der Waals surface area contributed by atoms with Gasteiger partial charge in [-0.3, -0.25) is 9.80 Å². The van der Waals surface area contributed by atoms with Crippen molar-refractivity contribution in [1.82, 2.24) is 15.1 Å².